The molecule has 9 heteroatoms. The van der Waals surface area contributed by atoms with Crippen LogP contribution in [0.5, 0.6) is 0 Å². The third-order valence-electron chi connectivity index (χ3n) is 4.98. The molecule has 3 amide bonds. The lowest BCUT2D eigenvalue weighted by Crippen LogP contribution is -2.31. The normalized spacial score (nSPS) is 13.7. The molecule has 0 unspecified atom stereocenters. The van der Waals surface area contributed by atoms with Crippen molar-refractivity contribution in [3.8, 4) is 0 Å². The van der Waals surface area contributed by atoms with Gasteiger partial charge in [0, 0.05) is 31.7 Å². The maximum Gasteiger partial charge on any atom is 0.326 e. The zero-order valence-electron chi connectivity index (χ0n) is 16.8. The molecule has 0 bridgehead atoms. The van der Waals surface area contributed by atoms with E-state index in [1.165, 1.54) is 0 Å². The van der Waals surface area contributed by atoms with E-state index in [0.29, 0.717) is 35.3 Å². The summed E-state index contributed by atoms with van der Waals surface area (Å²) in [5, 5.41) is 3.04. The predicted molar refractivity (Wildman–Crippen MR) is 114 cm³/mol. The number of hydrogen-bond donors (Lipinski definition) is 1. The highest BCUT2D eigenvalue weighted by Gasteiger charge is 2.32. The number of benzene rings is 2. The molecular formula is C22H20F2N4O2S. The zero-order chi connectivity index (χ0) is 22.0. The highest BCUT2D eigenvalue weighted by molar-refractivity contribution is 7.17. The van der Waals surface area contributed by atoms with Crippen LogP contribution < -0.4 is 10.2 Å². The second-order valence-corrected chi connectivity index (χ2v) is 8.15. The van der Waals surface area contributed by atoms with E-state index in [1.807, 2.05) is 30.3 Å². The Bertz CT molecular complexity index is 1120. The summed E-state index contributed by atoms with van der Waals surface area (Å²) in [5.41, 5.74) is 1.58. The van der Waals surface area contributed by atoms with Crippen LogP contribution in [0.4, 0.5) is 18.7 Å². The fourth-order valence-corrected chi connectivity index (χ4v) is 4.36. The van der Waals surface area contributed by atoms with E-state index < -0.39 is 17.5 Å². The summed E-state index contributed by atoms with van der Waals surface area (Å²) >= 11 is 1.11. The average molecular weight is 442 g/mol. The molecule has 160 valence electrons. The molecular weight excluding hydrogens is 422 g/mol. The smallest absolute Gasteiger partial charge is 0.326 e. The Hall–Kier alpha value is -3.33. The van der Waals surface area contributed by atoms with Crippen LogP contribution in [-0.4, -0.2) is 34.9 Å². The van der Waals surface area contributed by atoms with Gasteiger partial charge in [-0.1, -0.05) is 41.7 Å². The predicted octanol–water partition coefficient (Wildman–Crippen LogP) is 4.10. The van der Waals surface area contributed by atoms with Gasteiger partial charge in [0.25, 0.3) is 5.91 Å². The van der Waals surface area contributed by atoms with Gasteiger partial charge in [0.05, 0.1) is 5.69 Å². The van der Waals surface area contributed by atoms with Gasteiger partial charge in [0.2, 0.25) is 0 Å². The third-order valence-corrected chi connectivity index (χ3v) is 6.16. The molecule has 0 aliphatic carbocycles. The van der Waals surface area contributed by atoms with Crippen LogP contribution in [0.2, 0.25) is 0 Å². The number of hydrogen-bond acceptors (Lipinski definition) is 4. The van der Waals surface area contributed by atoms with E-state index >= 15 is 0 Å². The van der Waals surface area contributed by atoms with Crippen molar-refractivity contribution in [3.05, 3.63) is 81.9 Å². The first kappa shape index (κ1) is 20.9. The molecule has 1 aromatic heterocycles. The summed E-state index contributed by atoms with van der Waals surface area (Å²) < 4.78 is 27.1. The lowest BCUT2D eigenvalue weighted by atomic mass is 10.2. The van der Waals surface area contributed by atoms with E-state index in [2.05, 4.69) is 10.3 Å². The highest BCUT2D eigenvalue weighted by atomic mass is 32.1. The van der Waals surface area contributed by atoms with Gasteiger partial charge in [-0.2, -0.15) is 0 Å². The van der Waals surface area contributed by atoms with Crippen LogP contribution in [0.15, 0.2) is 48.5 Å². The number of anilines is 1. The van der Waals surface area contributed by atoms with E-state index in [-0.39, 0.29) is 18.1 Å². The van der Waals surface area contributed by atoms with Gasteiger partial charge in [0.1, 0.15) is 16.5 Å². The number of urea groups is 1. The van der Waals surface area contributed by atoms with E-state index in [1.54, 1.807) is 16.7 Å². The Morgan fingerprint density at radius 3 is 2.71 bits per heavy atom. The Balaban J connectivity index is 1.43. The summed E-state index contributed by atoms with van der Waals surface area (Å²) in [6.07, 6.45) is 0. The number of aryl methyl sites for hydroxylation is 1. The molecule has 1 aliphatic heterocycles. The Labute approximate surface area is 182 Å². The summed E-state index contributed by atoms with van der Waals surface area (Å²) in [7, 11) is 0. The molecule has 0 saturated carbocycles. The second-order valence-electron chi connectivity index (χ2n) is 7.17. The number of rotatable bonds is 6. The number of nitrogens with one attached hydrogen (secondary N) is 1. The first-order valence-corrected chi connectivity index (χ1v) is 10.5. The van der Waals surface area contributed by atoms with Crippen molar-refractivity contribution in [1.82, 2.24) is 15.2 Å². The Morgan fingerprint density at radius 1 is 1.16 bits per heavy atom. The van der Waals surface area contributed by atoms with Gasteiger partial charge in [-0.05, 0) is 30.7 Å². The van der Waals surface area contributed by atoms with Gasteiger partial charge < -0.3 is 10.2 Å². The maximum atomic E-state index is 13.8. The summed E-state index contributed by atoms with van der Waals surface area (Å²) in [5.74, 6) is -1.61. The number of thiazole rings is 1. The minimum atomic E-state index is -0.593. The number of carbonyl (C=O) groups is 2. The van der Waals surface area contributed by atoms with Crippen molar-refractivity contribution in [1.29, 1.82) is 0 Å². The van der Waals surface area contributed by atoms with Crippen molar-refractivity contribution >= 4 is 28.4 Å². The van der Waals surface area contributed by atoms with Crippen LogP contribution in [0.25, 0.3) is 0 Å². The van der Waals surface area contributed by atoms with Crippen LogP contribution in [0, 0.1) is 18.6 Å². The lowest BCUT2D eigenvalue weighted by Gasteiger charge is -2.16. The molecule has 1 aliphatic rings. The molecule has 0 radical (unpaired) electrons. The second kappa shape index (κ2) is 8.81. The number of nitrogens with zero attached hydrogens (tertiary/aromatic N) is 3. The summed E-state index contributed by atoms with van der Waals surface area (Å²) in [6.45, 7) is 3.08. The van der Waals surface area contributed by atoms with Crippen molar-refractivity contribution in [3.63, 3.8) is 0 Å². The fourth-order valence-electron chi connectivity index (χ4n) is 3.35. The molecule has 31 heavy (non-hydrogen) atoms. The topological polar surface area (TPSA) is 65.5 Å². The van der Waals surface area contributed by atoms with Crippen LogP contribution in [-0.2, 0) is 13.1 Å². The van der Waals surface area contributed by atoms with E-state index in [0.717, 1.165) is 35.1 Å². The Kier molecular flexibility index (Phi) is 5.94. The third kappa shape index (κ3) is 4.56. The monoisotopic (exact) mass is 442 g/mol. The Morgan fingerprint density at radius 2 is 1.94 bits per heavy atom. The molecule has 0 atom stereocenters. The molecule has 2 heterocycles. The van der Waals surface area contributed by atoms with Crippen molar-refractivity contribution < 1.29 is 18.4 Å². The van der Waals surface area contributed by atoms with Gasteiger partial charge in [0.15, 0.2) is 5.13 Å². The minimum absolute atomic E-state index is 0.0574. The zero-order valence-corrected chi connectivity index (χ0v) is 17.6. The van der Waals surface area contributed by atoms with Gasteiger partial charge in [-0.25, -0.2) is 18.6 Å². The molecule has 1 saturated heterocycles. The van der Waals surface area contributed by atoms with Crippen LogP contribution in [0.3, 0.4) is 0 Å². The van der Waals surface area contributed by atoms with E-state index in [9.17, 15) is 18.4 Å². The SMILES string of the molecule is Cc1nc(N2CCN(Cc3ccccc3)C2=O)sc1C(=O)NCc1cc(F)ccc1F. The van der Waals surface area contributed by atoms with E-state index in [4.69, 9.17) is 0 Å². The first-order valence-electron chi connectivity index (χ1n) is 9.72. The van der Waals surface area contributed by atoms with Gasteiger partial charge in [-0.15, -0.1) is 0 Å². The molecule has 1 N–H and O–H groups in total. The van der Waals surface area contributed by atoms with Crippen LogP contribution in [0.1, 0.15) is 26.5 Å². The first-order chi connectivity index (χ1) is 14.9. The number of amides is 3. The largest absolute Gasteiger partial charge is 0.347 e. The maximum absolute atomic E-state index is 13.8. The average Bonchev–Trinajstić information content (AvgIpc) is 3.32. The van der Waals surface area contributed by atoms with Crippen LogP contribution >= 0.6 is 11.3 Å². The molecule has 2 aromatic carbocycles. The molecule has 6 nitrogen and oxygen atoms in total. The van der Waals surface area contributed by atoms with Crippen molar-refractivity contribution in [2.45, 2.75) is 20.0 Å². The van der Waals surface area contributed by atoms with Crippen molar-refractivity contribution in [2.24, 2.45) is 0 Å². The lowest BCUT2D eigenvalue weighted by molar-refractivity contribution is 0.0953. The summed E-state index contributed by atoms with van der Waals surface area (Å²) in [4.78, 5) is 33.4. The quantitative estimate of drug-likeness (QED) is 0.625. The number of aromatic nitrogens is 1. The molecule has 4 rings (SSSR count). The van der Waals surface area contributed by atoms with Crippen molar-refractivity contribution in [2.75, 3.05) is 18.0 Å². The standard InChI is InChI=1S/C22H20F2N4O2S/c1-14-19(20(29)25-12-16-11-17(23)7-8-18(16)24)31-21(26-14)28-10-9-27(22(28)30)13-15-5-3-2-4-6-15/h2-8,11H,9-10,12-13H2,1H3,(H,25,29). The van der Waals surface area contributed by atoms with Gasteiger partial charge >= 0.3 is 6.03 Å². The summed E-state index contributed by atoms with van der Waals surface area (Å²) in [6, 6.07) is 12.6. The molecule has 0 spiro atoms. The number of halogens is 2. The fraction of sp³-hybridized carbons (Fsp3) is 0.227. The van der Waals surface area contributed by atoms with Gasteiger partial charge in [-0.3, -0.25) is 9.69 Å². The number of carbonyl (C=O) groups excluding carboxylic acids is 2. The highest BCUT2D eigenvalue weighted by Crippen LogP contribution is 2.29. The molecule has 3 aromatic rings. The molecule has 1 fully saturated rings. The minimum Gasteiger partial charge on any atom is -0.347 e.